The summed E-state index contributed by atoms with van der Waals surface area (Å²) < 4.78 is 18.1. The lowest BCUT2D eigenvalue weighted by atomic mass is 10.3. The van der Waals surface area contributed by atoms with E-state index in [1.54, 1.807) is 0 Å². The van der Waals surface area contributed by atoms with E-state index in [0.717, 1.165) is 0 Å². The van der Waals surface area contributed by atoms with Crippen molar-refractivity contribution in [2.24, 2.45) is 0 Å². The van der Waals surface area contributed by atoms with E-state index in [9.17, 15) is 4.39 Å². The van der Waals surface area contributed by atoms with Crippen LogP contribution in [0.1, 0.15) is 12.8 Å². The zero-order valence-corrected chi connectivity index (χ0v) is 7.73. The predicted molar refractivity (Wildman–Crippen MR) is 48.4 cm³/mol. The Labute approximate surface area is 79.3 Å². The molecule has 0 fully saturated rings. The highest BCUT2D eigenvalue weighted by Gasteiger charge is 2.09. The Bertz CT molecular complexity index is 452. The van der Waals surface area contributed by atoms with Gasteiger partial charge in [-0.25, -0.2) is 9.37 Å². The molecule has 0 bridgehead atoms. The third-order valence-electron chi connectivity index (χ3n) is 1.76. The Morgan fingerprint density at radius 2 is 2.31 bits per heavy atom. The van der Waals surface area contributed by atoms with Gasteiger partial charge in [-0.3, -0.25) is 0 Å². The van der Waals surface area contributed by atoms with Crippen LogP contribution in [0.25, 0.3) is 11.1 Å². The number of aromatic nitrogens is 1. The number of halogens is 2. The molecule has 1 heterocycles. The van der Waals surface area contributed by atoms with Crippen molar-refractivity contribution in [2.45, 2.75) is 13.3 Å². The van der Waals surface area contributed by atoms with Crippen molar-refractivity contribution in [1.82, 2.24) is 4.98 Å². The van der Waals surface area contributed by atoms with Crippen LogP contribution in [0.3, 0.4) is 0 Å². The average molecular weight is 200 g/mol. The molecule has 0 amide bonds. The minimum atomic E-state index is -0.395. The van der Waals surface area contributed by atoms with Gasteiger partial charge in [-0.15, -0.1) is 0 Å². The summed E-state index contributed by atoms with van der Waals surface area (Å²) in [5.74, 6) is 0.177. The first-order chi connectivity index (χ1) is 6.20. The van der Waals surface area contributed by atoms with Gasteiger partial charge in [-0.2, -0.15) is 0 Å². The molecule has 1 aromatic carbocycles. The number of aryl methyl sites for hydroxylation is 1. The van der Waals surface area contributed by atoms with Crippen molar-refractivity contribution in [3.05, 3.63) is 28.9 Å². The molecule has 4 heteroatoms. The Kier molecular flexibility index (Phi) is 1.96. The zero-order chi connectivity index (χ0) is 9.42. The van der Waals surface area contributed by atoms with Crippen LogP contribution in [-0.4, -0.2) is 4.98 Å². The van der Waals surface area contributed by atoms with Crippen LogP contribution in [0.2, 0.25) is 5.02 Å². The second kappa shape index (κ2) is 3.00. The van der Waals surface area contributed by atoms with Gasteiger partial charge in [-0.1, -0.05) is 18.5 Å². The Morgan fingerprint density at radius 1 is 1.54 bits per heavy atom. The van der Waals surface area contributed by atoms with Gasteiger partial charge in [0, 0.05) is 12.5 Å². The lowest BCUT2D eigenvalue weighted by molar-refractivity contribution is 0.537. The topological polar surface area (TPSA) is 26.0 Å². The van der Waals surface area contributed by atoms with Crippen molar-refractivity contribution >= 4 is 22.7 Å². The molecule has 0 spiro atoms. The largest absolute Gasteiger partial charge is 0.439 e. The maximum atomic E-state index is 12.8. The van der Waals surface area contributed by atoms with E-state index >= 15 is 0 Å². The Balaban J connectivity index is 2.75. The fourth-order valence-corrected chi connectivity index (χ4v) is 1.40. The first kappa shape index (κ1) is 8.51. The number of hydrogen-bond donors (Lipinski definition) is 0. The molecule has 0 saturated carbocycles. The second-order valence-corrected chi connectivity index (χ2v) is 3.10. The van der Waals surface area contributed by atoms with E-state index in [-0.39, 0.29) is 5.02 Å². The van der Waals surface area contributed by atoms with Gasteiger partial charge >= 0.3 is 0 Å². The summed E-state index contributed by atoms with van der Waals surface area (Å²) in [6, 6.07) is 2.53. The summed E-state index contributed by atoms with van der Waals surface area (Å²) in [7, 11) is 0. The minimum Gasteiger partial charge on any atom is -0.439 e. The number of benzene rings is 1. The number of fused-ring (bicyclic) bond motifs is 1. The van der Waals surface area contributed by atoms with Crippen LogP contribution >= 0.6 is 11.6 Å². The quantitative estimate of drug-likeness (QED) is 0.705. The average Bonchev–Trinajstić information content (AvgIpc) is 2.47. The summed E-state index contributed by atoms with van der Waals surface area (Å²) in [6.07, 6.45) is 0.673. The maximum Gasteiger partial charge on any atom is 0.195 e. The molecule has 2 rings (SSSR count). The van der Waals surface area contributed by atoms with Crippen LogP contribution in [0.4, 0.5) is 4.39 Å². The lowest BCUT2D eigenvalue weighted by Gasteiger charge is -1.90. The van der Waals surface area contributed by atoms with Gasteiger partial charge < -0.3 is 4.42 Å². The summed E-state index contributed by atoms with van der Waals surface area (Å²) >= 11 is 5.76. The standard InChI is InChI=1S/C9H7ClFNO/c1-2-8-12-7-4-5(11)3-6(10)9(7)13-8/h3-4H,2H2,1H3. The molecule has 0 radical (unpaired) electrons. The smallest absolute Gasteiger partial charge is 0.195 e. The van der Waals surface area contributed by atoms with Crippen LogP contribution in [0.5, 0.6) is 0 Å². The van der Waals surface area contributed by atoms with E-state index in [1.165, 1.54) is 12.1 Å². The molecule has 0 N–H and O–H groups in total. The van der Waals surface area contributed by atoms with Gasteiger partial charge in [0.2, 0.25) is 0 Å². The van der Waals surface area contributed by atoms with Crippen molar-refractivity contribution in [3.8, 4) is 0 Å². The van der Waals surface area contributed by atoms with Crippen LogP contribution < -0.4 is 0 Å². The SMILES string of the molecule is CCc1nc2cc(F)cc(Cl)c2o1. The monoisotopic (exact) mass is 199 g/mol. The fourth-order valence-electron chi connectivity index (χ4n) is 1.16. The first-order valence-electron chi connectivity index (χ1n) is 3.95. The molecule has 2 nitrogen and oxygen atoms in total. The van der Waals surface area contributed by atoms with Gasteiger partial charge in [0.25, 0.3) is 0 Å². The molecule has 0 atom stereocenters. The molecule has 1 aromatic heterocycles. The number of oxazole rings is 1. The van der Waals surface area contributed by atoms with Crippen molar-refractivity contribution in [2.75, 3.05) is 0 Å². The highest BCUT2D eigenvalue weighted by Crippen LogP contribution is 2.25. The fraction of sp³-hybridized carbons (Fsp3) is 0.222. The van der Waals surface area contributed by atoms with Gasteiger partial charge in [0.05, 0.1) is 5.02 Å². The number of nitrogens with zero attached hydrogens (tertiary/aromatic N) is 1. The van der Waals surface area contributed by atoms with Crippen molar-refractivity contribution < 1.29 is 8.81 Å². The Morgan fingerprint density at radius 3 is 3.00 bits per heavy atom. The third kappa shape index (κ3) is 1.40. The van der Waals surface area contributed by atoms with Gasteiger partial charge in [0.15, 0.2) is 11.5 Å². The molecule has 0 aliphatic heterocycles. The molecule has 0 aliphatic carbocycles. The predicted octanol–water partition coefficient (Wildman–Crippen LogP) is 3.18. The minimum absolute atomic E-state index is 0.266. The molecule has 2 aromatic rings. The zero-order valence-electron chi connectivity index (χ0n) is 6.97. The molecule has 0 unspecified atom stereocenters. The van der Waals surface area contributed by atoms with Crippen molar-refractivity contribution in [1.29, 1.82) is 0 Å². The normalized spacial score (nSPS) is 11.0. The molecular weight excluding hydrogens is 193 g/mol. The van der Waals surface area contributed by atoms with Crippen LogP contribution in [0, 0.1) is 5.82 Å². The van der Waals surface area contributed by atoms with E-state index in [4.69, 9.17) is 16.0 Å². The molecule has 0 aliphatic rings. The Hall–Kier alpha value is -1.09. The van der Waals surface area contributed by atoms with Crippen LogP contribution in [-0.2, 0) is 6.42 Å². The van der Waals surface area contributed by atoms with Gasteiger partial charge in [0.1, 0.15) is 11.3 Å². The van der Waals surface area contributed by atoms with Crippen molar-refractivity contribution in [3.63, 3.8) is 0 Å². The van der Waals surface area contributed by atoms with Gasteiger partial charge in [-0.05, 0) is 6.07 Å². The van der Waals surface area contributed by atoms with E-state index in [0.29, 0.717) is 23.4 Å². The van der Waals surface area contributed by atoms with E-state index < -0.39 is 5.82 Å². The highest BCUT2D eigenvalue weighted by molar-refractivity contribution is 6.34. The van der Waals surface area contributed by atoms with Crippen LogP contribution in [0.15, 0.2) is 16.5 Å². The summed E-state index contributed by atoms with van der Waals surface area (Å²) in [5.41, 5.74) is 0.932. The second-order valence-electron chi connectivity index (χ2n) is 2.70. The molecular formula is C9H7ClFNO. The highest BCUT2D eigenvalue weighted by atomic mass is 35.5. The summed E-state index contributed by atoms with van der Waals surface area (Å²) in [5, 5.41) is 0.266. The number of rotatable bonds is 1. The van der Waals surface area contributed by atoms with E-state index in [2.05, 4.69) is 4.98 Å². The molecule has 0 saturated heterocycles. The third-order valence-corrected chi connectivity index (χ3v) is 2.04. The summed E-state index contributed by atoms with van der Waals surface area (Å²) in [4.78, 5) is 4.06. The lowest BCUT2D eigenvalue weighted by Crippen LogP contribution is -1.77. The van der Waals surface area contributed by atoms with E-state index in [1.807, 2.05) is 6.92 Å². The maximum absolute atomic E-state index is 12.8. The first-order valence-corrected chi connectivity index (χ1v) is 4.33. The summed E-state index contributed by atoms with van der Waals surface area (Å²) in [6.45, 7) is 1.91. The number of hydrogen-bond acceptors (Lipinski definition) is 2. The molecule has 68 valence electrons. The molecule has 13 heavy (non-hydrogen) atoms.